The SMILES string of the molecule is CCC(O)c1cn(Cc2cccc3ccccc23)nn1. The normalized spacial score (nSPS) is 12.7. The van der Waals surface area contributed by atoms with Gasteiger partial charge in [0.15, 0.2) is 0 Å². The number of nitrogens with zero attached hydrogens (tertiary/aromatic N) is 3. The second kappa shape index (κ2) is 5.43. The highest BCUT2D eigenvalue weighted by molar-refractivity contribution is 5.85. The standard InChI is InChI=1S/C16H17N3O/c1-2-16(20)15-11-19(18-17-15)10-13-8-5-7-12-6-3-4-9-14(12)13/h3-9,11,16,20H,2,10H2,1H3. The van der Waals surface area contributed by atoms with Crippen molar-refractivity contribution in [2.75, 3.05) is 0 Å². The van der Waals surface area contributed by atoms with E-state index in [1.807, 2.05) is 25.3 Å². The van der Waals surface area contributed by atoms with Crippen LogP contribution < -0.4 is 0 Å². The van der Waals surface area contributed by atoms with Gasteiger partial charge in [0, 0.05) is 0 Å². The van der Waals surface area contributed by atoms with Crippen LogP contribution in [-0.4, -0.2) is 20.1 Å². The van der Waals surface area contributed by atoms with Gasteiger partial charge in [-0.2, -0.15) is 0 Å². The first kappa shape index (κ1) is 12.8. The van der Waals surface area contributed by atoms with E-state index in [-0.39, 0.29) is 0 Å². The molecule has 1 unspecified atom stereocenters. The van der Waals surface area contributed by atoms with Crippen molar-refractivity contribution in [2.45, 2.75) is 26.0 Å². The lowest BCUT2D eigenvalue weighted by Crippen LogP contribution is -2.01. The molecule has 0 spiro atoms. The topological polar surface area (TPSA) is 50.9 Å². The zero-order chi connectivity index (χ0) is 13.9. The van der Waals surface area contributed by atoms with Crippen LogP contribution in [0.1, 0.15) is 30.7 Å². The van der Waals surface area contributed by atoms with Crippen molar-refractivity contribution in [3.63, 3.8) is 0 Å². The van der Waals surface area contributed by atoms with E-state index in [9.17, 15) is 5.11 Å². The number of hydrogen-bond acceptors (Lipinski definition) is 3. The summed E-state index contributed by atoms with van der Waals surface area (Å²) in [5.41, 5.74) is 1.83. The van der Waals surface area contributed by atoms with Crippen molar-refractivity contribution in [3.8, 4) is 0 Å². The van der Waals surface area contributed by atoms with E-state index in [1.165, 1.54) is 16.3 Å². The van der Waals surface area contributed by atoms with Crippen LogP contribution in [-0.2, 0) is 6.54 Å². The largest absolute Gasteiger partial charge is 0.387 e. The molecule has 1 aromatic heterocycles. The molecular weight excluding hydrogens is 250 g/mol. The molecule has 0 aliphatic heterocycles. The molecule has 1 heterocycles. The number of aliphatic hydroxyl groups is 1. The minimum atomic E-state index is -0.531. The summed E-state index contributed by atoms with van der Waals surface area (Å²) >= 11 is 0. The first-order chi connectivity index (χ1) is 9.78. The molecule has 0 bridgehead atoms. The van der Waals surface area contributed by atoms with Crippen molar-refractivity contribution in [2.24, 2.45) is 0 Å². The highest BCUT2D eigenvalue weighted by atomic mass is 16.3. The Bertz CT molecular complexity index is 715. The average Bonchev–Trinajstić information content (AvgIpc) is 2.95. The number of rotatable bonds is 4. The smallest absolute Gasteiger partial charge is 0.111 e. The van der Waals surface area contributed by atoms with E-state index >= 15 is 0 Å². The van der Waals surface area contributed by atoms with Gasteiger partial charge < -0.3 is 5.11 Å². The van der Waals surface area contributed by atoms with Crippen molar-refractivity contribution < 1.29 is 5.11 Å². The van der Waals surface area contributed by atoms with Crippen LogP contribution >= 0.6 is 0 Å². The number of benzene rings is 2. The predicted molar refractivity (Wildman–Crippen MR) is 78.3 cm³/mol. The van der Waals surface area contributed by atoms with Crippen LogP contribution in [0.15, 0.2) is 48.7 Å². The fourth-order valence-electron chi connectivity index (χ4n) is 2.36. The van der Waals surface area contributed by atoms with E-state index in [2.05, 4.69) is 40.6 Å². The lowest BCUT2D eigenvalue weighted by atomic mass is 10.0. The first-order valence-electron chi connectivity index (χ1n) is 6.82. The Morgan fingerprint density at radius 1 is 1.15 bits per heavy atom. The number of hydrogen-bond donors (Lipinski definition) is 1. The van der Waals surface area contributed by atoms with E-state index in [0.29, 0.717) is 18.7 Å². The molecular formula is C16H17N3O. The monoisotopic (exact) mass is 267 g/mol. The third-order valence-corrected chi connectivity index (χ3v) is 3.50. The second-order valence-corrected chi connectivity index (χ2v) is 4.90. The molecule has 2 aromatic carbocycles. The number of fused-ring (bicyclic) bond motifs is 1. The molecule has 1 N–H and O–H groups in total. The third-order valence-electron chi connectivity index (χ3n) is 3.50. The van der Waals surface area contributed by atoms with Crippen LogP contribution in [0.3, 0.4) is 0 Å². The van der Waals surface area contributed by atoms with E-state index in [0.717, 1.165) is 0 Å². The summed E-state index contributed by atoms with van der Waals surface area (Å²) in [7, 11) is 0. The zero-order valence-electron chi connectivity index (χ0n) is 11.4. The van der Waals surface area contributed by atoms with Gasteiger partial charge in [0.25, 0.3) is 0 Å². The number of aliphatic hydroxyl groups excluding tert-OH is 1. The summed E-state index contributed by atoms with van der Waals surface area (Å²) in [6.07, 6.45) is 1.93. The summed E-state index contributed by atoms with van der Waals surface area (Å²) < 4.78 is 1.77. The van der Waals surface area contributed by atoms with Gasteiger partial charge in [0.2, 0.25) is 0 Å². The highest BCUT2D eigenvalue weighted by Gasteiger charge is 2.10. The lowest BCUT2D eigenvalue weighted by molar-refractivity contribution is 0.168. The molecule has 0 saturated heterocycles. The van der Waals surface area contributed by atoms with Gasteiger partial charge in [-0.1, -0.05) is 54.6 Å². The van der Waals surface area contributed by atoms with Crippen molar-refractivity contribution >= 4 is 10.8 Å². The molecule has 0 saturated carbocycles. The van der Waals surface area contributed by atoms with Crippen LogP contribution in [0.25, 0.3) is 10.8 Å². The first-order valence-corrected chi connectivity index (χ1v) is 6.82. The zero-order valence-corrected chi connectivity index (χ0v) is 11.4. The third kappa shape index (κ3) is 2.42. The molecule has 3 rings (SSSR count). The predicted octanol–water partition coefficient (Wildman–Crippen LogP) is 2.92. The maximum atomic E-state index is 9.76. The van der Waals surface area contributed by atoms with Gasteiger partial charge in [0.05, 0.1) is 18.8 Å². The van der Waals surface area contributed by atoms with Crippen LogP contribution in [0, 0.1) is 0 Å². The van der Waals surface area contributed by atoms with Crippen molar-refractivity contribution in [1.29, 1.82) is 0 Å². The molecule has 102 valence electrons. The van der Waals surface area contributed by atoms with Gasteiger partial charge in [0.1, 0.15) is 5.69 Å². The molecule has 4 heteroatoms. The van der Waals surface area contributed by atoms with Crippen LogP contribution in [0.2, 0.25) is 0 Å². The summed E-state index contributed by atoms with van der Waals surface area (Å²) in [5.74, 6) is 0. The summed E-state index contributed by atoms with van der Waals surface area (Å²) in [6.45, 7) is 2.58. The van der Waals surface area contributed by atoms with Gasteiger partial charge in [-0.05, 0) is 22.8 Å². The Kier molecular flexibility index (Phi) is 3.48. The maximum absolute atomic E-state index is 9.76. The molecule has 0 fully saturated rings. The quantitative estimate of drug-likeness (QED) is 0.790. The molecule has 0 aliphatic rings. The number of aromatic nitrogens is 3. The minimum absolute atomic E-state index is 0.531. The van der Waals surface area contributed by atoms with Crippen molar-refractivity contribution in [3.05, 3.63) is 59.9 Å². The maximum Gasteiger partial charge on any atom is 0.111 e. The molecule has 0 radical (unpaired) electrons. The van der Waals surface area contributed by atoms with Gasteiger partial charge in [-0.15, -0.1) is 5.10 Å². The Labute approximate surface area is 117 Å². The summed E-state index contributed by atoms with van der Waals surface area (Å²) in [4.78, 5) is 0. The van der Waals surface area contributed by atoms with E-state index in [4.69, 9.17) is 0 Å². The highest BCUT2D eigenvalue weighted by Crippen LogP contribution is 2.20. The average molecular weight is 267 g/mol. The molecule has 3 aromatic rings. The summed E-state index contributed by atoms with van der Waals surface area (Å²) in [5, 5.41) is 20.3. The molecule has 1 atom stereocenters. The van der Waals surface area contributed by atoms with E-state index in [1.54, 1.807) is 4.68 Å². The van der Waals surface area contributed by atoms with Gasteiger partial charge in [-0.25, -0.2) is 4.68 Å². The molecule has 4 nitrogen and oxygen atoms in total. The lowest BCUT2D eigenvalue weighted by Gasteiger charge is -2.06. The summed E-state index contributed by atoms with van der Waals surface area (Å²) in [6, 6.07) is 14.6. The molecule has 20 heavy (non-hydrogen) atoms. The second-order valence-electron chi connectivity index (χ2n) is 4.90. The van der Waals surface area contributed by atoms with Crippen molar-refractivity contribution in [1.82, 2.24) is 15.0 Å². The van der Waals surface area contributed by atoms with Gasteiger partial charge in [-0.3, -0.25) is 0 Å². The fourth-order valence-corrected chi connectivity index (χ4v) is 2.36. The Balaban J connectivity index is 1.91. The van der Waals surface area contributed by atoms with Gasteiger partial charge >= 0.3 is 0 Å². The van der Waals surface area contributed by atoms with Crippen LogP contribution in [0.4, 0.5) is 0 Å². The van der Waals surface area contributed by atoms with E-state index < -0.39 is 6.10 Å². The molecule has 0 amide bonds. The Morgan fingerprint density at radius 2 is 1.95 bits per heavy atom. The Hall–Kier alpha value is -2.20. The fraction of sp³-hybridized carbons (Fsp3) is 0.250. The Morgan fingerprint density at radius 3 is 2.80 bits per heavy atom. The molecule has 0 aliphatic carbocycles. The van der Waals surface area contributed by atoms with Crippen LogP contribution in [0.5, 0.6) is 0 Å². The minimum Gasteiger partial charge on any atom is -0.387 e.